The van der Waals surface area contributed by atoms with Gasteiger partial charge in [-0.15, -0.1) is 0 Å². The lowest BCUT2D eigenvalue weighted by Gasteiger charge is -2.07. The maximum atomic E-state index is 11.0. The molecule has 0 unspecified atom stereocenters. The Hall–Kier alpha value is -1.39. The first-order chi connectivity index (χ1) is 6.11. The van der Waals surface area contributed by atoms with E-state index >= 15 is 0 Å². The summed E-state index contributed by atoms with van der Waals surface area (Å²) >= 11 is 0. The third kappa shape index (κ3) is 2.85. The van der Waals surface area contributed by atoms with E-state index in [9.17, 15) is 4.79 Å². The minimum Gasteiger partial charge on any atom is -0.352 e. The van der Waals surface area contributed by atoms with Gasteiger partial charge >= 0.3 is 5.69 Å². The van der Waals surface area contributed by atoms with Gasteiger partial charge < -0.3 is 5.32 Å². The van der Waals surface area contributed by atoms with E-state index in [-0.39, 0.29) is 11.7 Å². The summed E-state index contributed by atoms with van der Waals surface area (Å²) < 4.78 is 0. The van der Waals surface area contributed by atoms with Crippen LogP contribution in [0.25, 0.3) is 0 Å². The predicted molar refractivity (Wildman–Crippen MR) is 50.8 cm³/mol. The average molecular weight is 182 g/mol. The van der Waals surface area contributed by atoms with Crippen molar-refractivity contribution in [2.24, 2.45) is 0 Å². The Morgan fingerprint density at radius 1 is 1.46 bits per heavy atom. The van der Waals surface area contributed by atoms with Crippen LogP contribution in [0, 0.1) is 0 Å². The summed E-state index contributed by atoms with van der Waals surface area (Å²) in [5.74, 6) is 1.05. The zero-order valence-corrected chi connectivity index (χ0v) is 8.09. The van der Waals surface area contributed by atoms with E-state index in [0.29, 0.717) is 18.2 Å². The first kappa shape index (κ1) is 9.70. The van der Waals surface area contributed by atoms with Crippen LogP contribution in [0.3, 0.4) is 0 Å². The van der Waals surface area contributed by atoms with E-state index in [4.69, 9.17) is 0 Å². The van der Waals surface area contributed by atoms with Crippen molar-refractivity contribution in [2.45, 2.75) is 33.2 Å². The lowest BCUT2D eigenvalue weighted by molar-refractivity contribution is 0.823. The summed E-state index contributed by atoms with van der Waals surface area (Å²) in [6.07, 6.45) is 0.699. The maximum absolute atomic E-state index is 11.0. The Bertz CT molecular complexity index is 331. The van der Waals surface area contributed by atoms with E-state index < -0.39 is 0 Å². The number of anilines is 1. The Kier molecular flexibility index (Phi) is 3.00. The topological polar surface area (TPSA) is 70.7 Å². The fourth-order valence-electron chi connectivity index (χ4n) is 0.919. The van der Waals surface area contributed by atoms with Crippen molar-refractivity contribution in [2.75, 3.05) is 5.32 Å². The summed E-state index contributed by atoms with van der Waals surface area (Å²) in [6.45, 7) is 5.86. The summed E-state index contributed by atoms with van der Waals surface area (Å²) in [4.78, 5) is 21.4. The minimum absolute atomic E-state index is 0.228. The molecule has 13 heavy (non-hydrogen) atoms. The van der Waals surface area contributed by atoms with Crippen molar-refractivity contribution in [1.82, 2.24) is 15.0 Å². The van der Waals surface area contributed by atoms with Crippen LogP contribution in [0.4, 0.5) is 5.95 Å². The molecule has 0 aliphatic carbocycles. The number of aryl methyl sites for hydroxylation is 1. The smallest absolute Gasteiger partial charge is 0.349 e. The number of hydrogen-bond donors (Lipinski definition) is 2. The highest BCUT2D eigenvalue weighted by Crippen LogP contribution is 1.97. The molecule has 0 fully saturated rings. The van der Waals surface area contributed by atoms with E-state index in [1.165, 1.54) is 0 Å². The van der Waals surface area contributed by atoms with Gasteiger partial charge in [-0.05, 0) is 13.8 Å². The normalized spacial score (nSPS) is 10.5. The fourth-order valence-corrected chi connectivity index (χ4v) is 0.919. The van der Waals surface area contributed by atoms with E-state index in [2.05, 4.69) is 20.3 Å². The SMILES string of the molecule is CCc1nc(NC(C)C)nc(=O)[nH]1. The average Bonchev–Trinajstić information content (AvgIpc) is 2.01. The van der Waals surface area contributed by atoms with Crippen molar-refractivity contribution in [3.63, 3.8) is 0 Å². The van der Waals surface area contributed by atoms with Gasteiger partial charge in [0.15, 0.2) is 0 Å². The van der Waals surface area contributed by atoms with Gasteiger partial charge in [-0.25, -0.2) is 4.79 Å². The van der Waals surface area contributed by atoms with Crippen LogP contribution in [0.5, 0.6) is 0 Å². The molecule has 2 N–H and O–H groups in total. The molecule has 0 saturated heterocycles. The molecular weight excluding hydrogens is 168 g/mol. The molecule has 1 aromatic heterocycles. The number of nitrogens with zero attached hydrogens (tertiary/aromatic N) is 2. The molecule has 0 bridgehead atoms. The van der Waals surface area contributed by atoms with Crippen LogP contribution in [0.15, 0.2) is 4.79 Å². The highest BCUT2D eigenvalue weighted by atomic mass is 16.1. The van der Waals surface area contributed by atoms with Gasteiger partial charge in [-0.3, -0.25) is 4.98 Å². The number of aromatic amines is 1. The van der Waals surface area contributed by atoms with Gasteiger partial charge in [0.2, 0.25) is 5.95 Å². The third-order valence-electron chi connectivity index (χ3n) is 1.45. The van der Waals surface area contributed by atoms with Gasteiger partial charge in [0.05, 0.1) is 0 Å². The number of nitrogens with one attached hydrogen (secondary N) is 2. The van der Waals surface area contributed by atoms with E-state index in [1.807, 2.05) is 20.8 Å². The summed E-state index contributed by atoms with van der Waals surface area (Å²) in [6, 6.07) is 0.228. The molecule has 1 rings (SSSR count). The molecule has 72 valence electrons. The van der Waals surface area contributed by atoms with E-state index in [1.54, 1.807) is 0 Å². The van der Waals surface area contributed by atoms with Crippen molar-refractivity contribution in [1.29, 1.82) is 0 Å². The standard InChI is InChI=1S/C8H14N4O/c1-4-6-10-7(9-5(2)3)12-8(13)11-6/h5H,4H2,1-3H3,(H2,9,10,11,12,13). The van der Waals surface area contributed by atoms with Gasteiger partial charge in [-0.1, -0.05) is 6.92 Å². The molecule has 1 aromatic rings. The molecule has 5 nitrogen and oxygen atoms in total. The van der Waals surface area contributed by atoms with E-state index in [0.717, 1.165) is 0 Å². The van der Waals surface area contributed by atoms with Crippen LogP contribution in [-0.2, 0) is 6.42 Å². The molecule has 0 saturated carbocycles. The molecule has 0 aliphatic heterocycles. The summed E-state index contributed by atoms with van der Waals surface area (Å²) in [5, 5.41) is 2.98. The fraction of sp³-hybridized carbons (Fsp3) is 0.625. The number of aromatic nitrogens is 3. The molecule has 0 radical (unpaired) electrons. The van der Waals surface area contributed by atoms with Crippen molar-refractivity contribution < 1.29 is 0 Å². The number of hydrogen-bond acceptors (Lipinski definition) is 4. The van der Waals surface area contributed by atoms with Gasteiger partial charge in [0, 0.05) is 12.5 Å². The Balaban J connectivity index is 2.95. The van der Waals surface area contributed by atoms with Gasteiger partial charge in [-0.2, -0.15) is 9.97 Å². The monoisotopic (exact) mass is 182 g/mol. The lowest BCUT2D eigenvalue weighted by Crippen LogP contribution is -2.21. The second-order valence-electron chi connectivity index (χ2n) is 3.08. The van der Waals surface area contributed by atoms with Crippen LogP contribution in [0.2, 0.25) is 0 Å². The van der Waals surface area contributed by atoms with Crippen LogP contribution < -0.4 is 11.0 Å². The molecule has 0 aliphatic rings. The van der Waals surface area contributed by atoms with Crippen LogP contribution >= 0.6 is 0 Å². The largest absolute Gasteiger partial charge is 0.352 e. The van der Waals surface area contributed by atoms with Gasteiger partial charge in [0.25, 0.3) is 0 Å². The lowest BCUT2D eigenvalue weighted by atomic mass is 10.4. The Morgan fingerprint density at radius 2 is 2.15 bits per heavy atom. The second-order valence-corrected chi connectivity index (χ2v) is 3.08. The minimum atomic E-state index is -0.352. The quantitative estimate of drug-likeness (QED) is 0.716. The highest BCUT2D eigenvalue weighted by molar-refractivity contribution is 5.23. The summed E-state index contributed by atoms with van der Waals surface area (Å²) in [5.41, 5.74) is -0.352. The summed E-state index contributed by atoms with van der Waals surface area (Å²) in [7, 11) is 0. The predicted octanol–water partition coefficient (Wildman–Crippen LogP) is 0.548. The first-order valence-electron chi connectivity index (χ1n) is 4.35. The second kappa shape index (κ2) is 4.02. The Morgan fingerprint density at radius 3 is 2.69 bits per heavy atom. The molecule has 0 spiro atoms. The zero-order chi connectivity index (χ0) is 9.84. The zero-order valence-electron chi connectivity index (χ0n) is 8.09. The molecule has 0 atom stereocenters. The molecule has 5 heteroatoms. The Labute approximate surface area is 76.6 Å². The number of H-pyrrole nitrogens is 1. The van der Waals surface area contributed by atoms with Crippen LogP contribution in [0.1, 0.15) is 26.6 Å². The van der Waals surface area contributed by atoms with Crippen LogP contribution in [-0.4, -0.2) is 21.0 Å². The molecule has 0 amide bonds. The first-order valence-corrected chi connectivity index (χ1v) is 4.35. The molecule has 0 aromatic carbocycles. The molecular formula is C8H14N4O. The molecule has 1 heterocycles. The van der Waals surface area contributed by atoms with Crippen molar-refractivity contribution in [3.8, 4) is 0 Å². The van der Waals surface area contributed by atoms with Crippen molar-refractivity contribution in [3.05, 3.63) is 16.3 Å². The van der Waals surface area contributed by atoms with Crippen molar-refractivity contribution >= 4 is 5.95 Å². The van der Waals surface area contributed by atoms with Gasteiger partial charge in [0.1, 0.15) is 5.82 Å². The highest BCUT2D eigenvalue weighted by Gasteiger charge is 2.01. The number of rotatable bonds is 3. The maximum Gasteiger partial charge on any atom is 0.349 e. The third-order valence-corrected chi connectivity index (χ3v) is 1.45.